The Morgan fingerprint density at radius 2 is 1.65 bits per heavy atom. The van der Waals surface area contributed by atoms with Gasteiger partial charge in [-0.25, -0.2) is 9.97 Å². The number of amides is 1. The van der Waals surface area contributed by atoms with Crippen molar-refractivity contribution in [2.24, 2.45) is 0 Å². The molecule has 0 unspecified atom stereocenters. The molecule has 0 atom stereocenters. The number of morpholine rings is 1. The minimum absolute atomic E-state index is 0.189. The van der Waals surface area contributed by atoms with E-state index in [4.69, 9.17) is 9.72 Å². The van der Waals surface area contributed by atoms with E-state index < -0.39 is 0 Å². The van der Waals surface area contributed by atoms with Crippen LogP contribution in [0.3, 0.4) is 0 Å². The number of carbonyl (C=O) groups is 1. The summed E-state index contributed by atoms with van der Waals surface area (Å²) in [6.07, 6.45) is 3.97. The van der Waals surface area contributed by atoms with Gasteiger partial charge in [-0.1, -0.05) is 48.5 Å². The van der Waals surface area contributed by atoms with Gasteiger partial charge in [-0.05, 0) is 51.6 Å². The van der Waals surface area contributed by atoms with E-state index in [0.717, 1.165) is 49.7 Å². The highest BCUT2D eigenvalue weighted by Gasteiger charge is 2.24. The van der Waals surface area contributed by atoms with Crippen LogP contribution in [0.2, 0.25) is 0 Å². The second kappa shape index (κ2) is 9.03. The quantitative estimate of drug-likeness (QED) is 0.436. The third kappa shape index (κ3) is 3.99. The first-order valence-electron chi connectivity index (χ1n) is 12.1. The van der Waals surface area contributed by atoms with E-state index in [1.165, 1.54) is 27.1 Å². The van der Waals surface area contributed by atoms with Gasteiger partial charge in [-0.2, -0.15) is 0 Å². The van der Waals surface area contributed by atoms with Crippen LogP contribution in [0.1, 0.15) is 23.2 Å². The van der Waals surface area contributed by atoms with Crippen molar-refractivity contribution in [3.63, 3.8) is 0 Å². The number of rotatable bonds is 4. The van der Waals surface area contributed by atoms with Crippen molar-refractivity contribution in [3.8, 4) is 0 Å². The fourth-order valence-corrected chi connectivity index (χ4v) is 5.19. The number of benzene rings is 3. The van der Waals surface area contributed by atoms with Crippen LogP contribution in [0, 0.1) is 0 Å². The van der Waals surface area contributed by atoms with Crippen LogP contribution in [0.25, 0.3) is 21.5 Å². The number of hydrogen-bond donors (Lipinski definition) is 0. The van der Waals surface area contributed by atoms with Gasteiger partial charge < -0.3 is 14.5 Å². The van der Waals surface area contributed by atoms with E-state index >= 15 is 0 Å². The lowest BCUT2D eigenvalue weighted by Gasteiger charge is -2.31. The van der Waals surface area contributed by atoms with Crippen molar-refractivity contribution < 1.29 is 9.53 Å². The molecule has 4 aromatic rings. The Bertz CT molecular complexity index is 1310. The Hall–Kier alpha value is -3.51. The zero-order valence-corrected chi connectivity index (χ0v) is 19.2. The monoisotopic (exact) mass is 452 g/mol. The maximum absolute atomic E-state index is 13.3. The van der Waals surface area contributed by atoms with Gasteiger partial charge in [-0.3, -0.25) is 4.79 Å². The number of hydrogen-bond acceptors (Lipinski definition) is 5. The molecule has 1 amide bonds. The Morgan fingerprint density at radius 1 is 0.941 bits per heavy atom. The highest BCUT2D eigenvalue weighted by Crippen LogP contribution is 2.30. The summed E-state index contributed by atoms with van der Waals surface area (Å²) in [5.41, 5.74) is 3.39. The van der Waals surface area contributed by atoms with Gasteiger partial charge in [0.25, 0.3) is 0 Å². The maximum Gasteiger partial charge on any atom is 0.225 e. The minimum atomic E-state index is 0.189. The summed E-state index contributed by atoms with van der Waals surface area (Å²) in [5.74, 6) is 0.938. The molecular weight excluding hydrogens is 424 g/mol. The normalized spacial score (nSPS) is 16.1. The fraction of sp³-hybridized carbons (Fsp3) is 0.321. The predicted molar refractivity (Wildman–Crippen MR) is 134 cm³/mol. The first-order valence-corrected chi connectivity index (χ1v) is 12.1. The van der Waals surface area contributed by atoms with Crippen LogP contribution in [0.5, 0.6) is 0 Å². The van der Waals surface area contributed by atoms with Gasteiger partial charge in [0.2, 0.25) is 11.9 Å². The highest BCUT2D eigenvalue weighted by atomic mass is 16.5. The molecule has 0 bridgehead atoms. The summed E-state index contributed by atoms with van der Waals surface area (Å²) in [7, 11) is 0. The van der Waals surface area contributed by atoms with Crippen LogP contribution in [-0.2, 0) is 28.9 Å². The van der Waals surface area contributed by atoms with Crippen LogP contribution < -0.4 is 4.90 Å². The summed E-state index contributed by atoms with van der Waals surface area (Å²) < 4.78 is 5.45. The number of ether oxygens (including phenoxy) is 1. The maximum atomic E-state index is 13.3. The summed E-state index contributed by atoms with van der Waals surface area (Å²) in [6.45, 7) is 4.30. The molecule has 3 aromatic carbocycles. The molecule has 0 radical (unpaired) electrons. The molecule has 6 nitrogen and oxygen atoms in total. The van der Waals surface area contributed by atoms with E-state index in [9.17, 15) is 4.79 Å². The zero-order valence-electron chi connectivity index (χ0n) is 19.2. The first kappa shape index (κ1) is 21.1. The van der Waals surface area contributed by atoms with E-state index in [-0.39, 0.29) is 5.91 Å². The van der Waals surface area contributed by atoms with Crippen molar-refractivity contribution in [1.82, 2.24) is 14.9 Å². The molecule has 0 aliphatic carbocycles. The molecule has 1 fully saturated rings. The average molecular weight is 453 g/mol. The number of nitrogens with zero attached hydrogens (tertiary/aromatic N) is 4. The second-order valence-corrected chi connectivity index (χ2v) is 9.10. The number of anilines is 1. The van der Waals surface area contributed by atoms with Crippen molar-refractivity contribution in [3.05, 3.63) is 77.6 Å². The van der Waals surface area contributed by atoms with Gasteiger partial charge in [0, 0.05) is 32.3 Å². The lowest BCUT2D eigenvalue weighted by atomic mass is 9.93. The third-order valence-corrected chi connectivity index (χ3v) is 7.05. The smallest absolute Gasteiger partial charge is 0.225 e. The molecular formula is C28H28N4O2. The molecule has 2 aliphatic heterocycles. The largest absolute Gasteiger partial charge is 0.378 e. The first-order chi connectivity index (χ1) is 16.8. The predicted octanol–water partition coefficient (Wildman–Crippen LogP) is 4.14. The van der Waals surface area contributed by atoms with Crippen LogP contribution in [0.15, 0.2) is 60.8 Å². The molecule has 3 heterocycles. The van der Waals surface area contributed by atoms with Crippen LogP contribution in [-0.4, -0.2) is 53.6 Å². The number of aryl methyl sites for hydroxylation is 1. The lowest BCUT2D eigenvalue weighted by molar-refractivity contribution is -0.132. The summed E-state index contributed by atoms with van der Waals surface area (Å²) in [4.78, 5) is 26.8. The SMILES string of the molecule is O=C(CCc1c2ccccc2cc2ccccc12)N1CCc2cnc(N3CCOCC3)nc2C1. The molecule has 1 aromatic heterocycles. The van der Waals surface area contributed by atoms with Gasteiger partial charge in [0.15, 0.2) is 0 Å². The topological polar surface area (TPSA) is 58.6 Å². The molecule has 0 N–H and O–H groups in total. The molecule has 6 rings (SSSR count). The fourth-order valence-electron chi connectivity index (χ4n) is 5.19. The molecule has 0 saturated carbocycles. The highest BCUT2D eigenvalue weighted by molar-refractivity contribution is 6.02. The average Bonchev–Trinajstić information content (AvgIpc) is 2.90. The second-order valence-electron chi connectivity index (χ2n) is 9.10. The zero-order chi connectivity index (χ0) is 22.9. The molecule has 0 spiro atoms. The van der Waals surface area contributed by atoms with Gasteiger partial charge >= 0.3 is 0 Å². The van der Waals surface area contributed by atoms with Crippen LogP contribution >= 0.6 is 0 Å². The van der Waals surface area contributed by atoms with Crippen molar-refractivity contribution >= 4 is 33.4 Å². The summed E-state index contributed by atoms with van der Waals surface area (Å²) in [6, 6.07) is 19.2. The van der Waals surface area contributed by atoms with Gasteiger partial charge in [0.05, 0.1) is 25.5 Å². The lowest BCUT2D eigenvalue weighted by Crippen LogP contribution is -2.39. The van der Waals surface area contributed by atoms with Gasteiger partial charge in [0.1, 0.15) is 0 Å². The van der Waals surface area contributed by atoms with Crippen molar-refractivity contribution in [2.45, 2.75) is 25.8 Å². The molecule has 34 heavy (non-hydrogen) atoms. The van der Waals surface area contributed by atoms with E-state index in [0.29, 0.717) is 26.2 Å². The summed E-state index contributed by atoms with van der Waals surface area (Å²) >= 11 is 0. The standard InChI is InChI=1S/C28H28N4O2/c33-27(10-9-25-23-7-3-1-5-20(23)17-21-6-2-4-8-24(21)25)32-12-11-22-18-29-28(30-26(22)19-32)31-13-15-34-16-14-31/h1-8,17-18H,9-16,19H2. The Morgan fingerprint density at radius 3 is 2.38 bits per heavy atom. The Labute approximate surface area is 199 Å². The number of aromatic nitrogens is 2. The van der Waals surface area contributed by atoms with E-state index in [1.54, 1.807) is 0 Å². The molecule has 2 aliphatic rings. The molecule has 1 saturated heterocycles. The molecule has 6 heteroatoms. The van der Waals surface area contributed by atoms with E-state index in [2.05, 4.69) is 64.5 Å². The summed E-state index contributed by atoms with van der Waals surface area (Å²) in [5, 5.41) is 4.92. The number of carbonyl (C=O) groups excluding carboxylic acids is 1. The minimum Gasteiger partial charge on any atom is -0.378 e. The van der Waals surface area contributed by atoms with Crippen LogP contribution in [0.4, 0.5) is 5.95 Å². The Balaban J connectivity index is 1.21. The van der Waals surface area contributed by atoms with Crippen molar-refractivity contribution in [2.75, 3.05) is 37.7 Å². The number of fused-ring (bicyclic) bond motifs is 3. The molecule has 172 valence electrons. The van der Waals surface area contributed by atoms with Gasteiger partial charge in [-0.15, -0.1) is 0 Å². The van der Waals surface area contributed by atoms with Crippen molar-refractivity contribution in [1.29, 1.82) is 0 Å². The Kier molecular flexibility index (Phi) is 5.59. The third-order valence-electron chi connectivity index (χ3n) is 7.05. The van der Waals surface area contributed by atoms with E-state index in [1.807, 2.05) is 11.1 Å².